The first kappa shape index (κ1) is 26.8. The number of nitrogens with one attached hydrogen (secondary N) is 2. The van der Waals surface area contributed by atoms with Crippen LogP contribution >= 0.6 is 15.9 Å². The smallest absolute Gasteiger partial charge is 0.255 e. The summed E-state index contributed by atoms with van der Waals surface area (Å²) in [6, 6.07) is 10.1. The zero-order chi connectivity index (χ0) is 27.1. The highest BCUT2D eigenvalue weighted by atomic mass is 79.9. The minimum atomic E-state index is -3.85. The van der Waals surface area contributed by atoms with Crippen molar-refractivity contribution in [3.05, 3.63) is 82.4 Å². The molecule has 2 aromatic carbocycles. The molecule has 200 valence electrons. The fourth-order valence-electron chi connectivity index (χ4n) is 4.40. The molecule has 38 heavy (non-hydrogen) atoms. The molecule has 2 heterocycles. The molecule has 3 aliphatic rings. The fourth-order valence-corrected chi connectivity index (χ4v) is 7.56. The highest BCUT2D eigenvalue weighted by molar-refractivity contribution is 9.10. The molecule has 2 atom stereocenters. The number of anilines is 1. The zero-order valence-corrected chi connectivity index (χ0v) is 23.5. The number of aliphatic imine (C=N–C) groups is 1. The molecule has 10 nitrogen and oxygen atoms in total. The van der Waals surface area contributed by atoms with Crippen molar-refractivity contribution in [2.75, 3.05) is 31.6 Å². The number of hydrogen-bond donors (Lipinski definition) is 2. The number of fused-ring (bicyclic) bond motifs is 1. The summed E-state index contributed by atoms with van der Waals surface area (Å²) >= 11 is 3.40. The summed E-state index contributed by atoms with van der Waals surface area (Å²) in [5.74, 6) is -0.468. The Morgan fingerprint density at radius 1 is 1.18 bits per heavy atom. The predicted molar refractivity (Wildman–Crippen MR) is 147 cm³/mol. The summed E-state index contributed by atoms with van der Waals surface area (Å²) in [4.78, 5) is 17.9. The van der Waals surface area contributed by atoms with Crippen LogP contribution in [-0.4, -0.2) is 70.0 Å². The Morgan fingerprint density at radius 3 is 2.71 bits per heavy atom. The third-order valence-corrected chi connectivity index (χ3v) is 11.1. The van der Waals surface area contributed by atoms with Gasteiger partial charge in [0.15, 0.2) is 0 Å². The van der Waals surface area contributed by atoms with Crippen molar-refractivity contribution in [1.29, 1.82) is 0 Å². The molecule has 0 bridgehead atoms. The fraction of sp³-hybridized carbons (Fsp3) is 0.280. The van der Waals surface area contributed by atoms with Gasteiger partial charge in [-0.05, 0) is 43.3 Å². The van der Waals surface area contributed by atoms with E-state index in [-0.39, 0.29) is 29.4 Å². The summed E-state index contributed by atoms with van der Waals surface area (Å²) in [7, 11) is -7.64. The lowest BCUT2D eigenvalue weighted by Crippen LogP contribution is -2.56. The Morgan fingerprint density at radius 2 is 1.95 bits per heavy atom. The number of rotatable bonds is 5. The van der Waals surface area contributed by atoms with Crippen LogP contribution in [0.15, 0.2) is 81.1 Å². The van der Waals surface area contributed by atoms with Crippen LogP contribution in [0.2, 0.25) is 0 Å². The Labute approximate surface area is 229 Å². The van der Waals surface area contributed by atoms with Crippen LogP contribution in [0.25, 0.3) is 0 Å². The normalized spacial score (nSPS) is 24.7. The molecule has 0 saturated carbocycles. The van der Waals surface area contributed by atoms with E-state index in [1.165, 1.54) is 28.6 Å². The van der Waals surface area contributed by atoms with Crippen molar-refractivity contribution in [2.24, 2.45) is 4.99 Å². The van der Waals surface area contributed by atoms with Gasteiger partial charge in [0.05, 0.1) is 29.8 Å². The van der Waals surface area contributed by atoms with Crippen molar-refractivity contribution in [3.63, 3.8) is 0 Å². The lowest BCUT2D eigenvalue weighted by atomic mass is 9.96. The van der Waals surface area contributed by atoms with Crippen molar-refractivity contribution in [2.45, 2.75) is 22.6 Å². The van der Waals surface area contributed by atoms with E-state index < -0.39 is 36.7 Å². The summed E-state index contributed by atoms with van der Waals surface area (Å²) in [5, 5.41) is 2.78. The minimum Gasteiger partial charge on any atom is -0.379 e. The van der Waals surface area contributed by atoms with Crippen LogP contribution in [0.3, 0.4) is 0 Å². The van der Waals surface area contributed by atoms with E-state index in [1.807, 2.05) is 0 Å². The lowest BCUT2D eigenvalue weighted by molar-refractivity contribution is 0.0730. The van der Waals surface area contributed by atoms with E-state index >= 15 is 0 Å². The number of nitrogens with zero attached hydrogens (tertiary/aromatic N) is 2. The molecular weight excluding hydrogens is 596 g/mol. The quantitative estimate of drug-likeness (QED) is 0.528. The van der Waals surface area contributed by atoms with Crippen molar-refractivity contribution in [1.82, 2.24) is 9.03 Å². The number of carbonyl (C=O) groups excluding carboxylic acids is 1. The second-order valence-electron chi connectivity index (χ2n) is 9.14. The van der Waals surface area contributed by atoms with Crippen LogP contribution < -0.4 is 10.0 Å². The molecule has 1 fully saturated rings. The number of morpholine rings is 1. The highest BCUT2D eigenvalue weighted by Crippen LogP contribution is 2.34. The van der Waals surface area contributed by atoms with E-state index in [2.05, 4.69) is 31.0 Å². The molecule has 2 aromatic rings. The van der Waals surface area contributed by atoms with Gasteiger partial charge in [0, 0.05) is 28.7 Å². The number of ether oxygens (including phenoxy) is 1. The maximum atomic E-state index is 13.2. The summed E-state index contributed by atoms with van der Waals surface area (Å²) in [5.41, 5.74) is 0.797. The molecule has 5 rings (SSSR count). The van der Waals surface area contributed by atoms with Crippen molar-refractivity contribution in [3.8, 4) is 0 Å². The van der Waals surface area contributed by atoms with Gasteiger partial charge in [-0.1, -0.05) is 46.3 Å². The maximum absolute atomic E-state index is 13.2. The Hall–Kier alpha value is -2.84. The van der Waals surface area contributed by atoms with Gasteiger partial charge in [0.25, 0.3) is 5.91 Å². The van der Waals surface area contributed by atoms with Crippen LogP contribution in [0, 0.1) is 0 Å². The molecule has 13 heteroatoms. The first-order valence-corrected chi connectivity index (χ1v) is 15.5. The van der Waals surface area contributed by atoms with Gasteiger partial charge >= 0.3 is 0 Å². The first-order chi connectivity index (χ1) is 18.0. The van der Waals surface area contributed by atoms with Gasteiger partial charge in [-0.3, -0.25) is 14.5 Å². The third-order valence-electron chi connectivity index (χ3n) is 6.69. The number of benzene rings is 2. The van der Waals surface area contributed by atoms with Crippen LogP contribution in [0.5, 0.6) is 0 Å². The monoisotopic (exact) mass is 620 g/mol. The molecule has 0 aromatic heterocycles. The van der Waals surface area contributed by atoms with E-state index in [4.69, 9.17) is 4.74 Å². The van der Waals surface area contributed by atoms with Gasteiger partial charge in [0.1, 0.15) is 10.6 Å². The number of halogens is 1. The second kappa shape index (κ2) is 10.0. The Kier molecular flexibility index (Phi) is 7.07. The van der Waals surface area contributed by atoms with Crippen molar-refractivity contribution >= 4 is 53.4 Å². The Bertz CT molecular complexity index is 1600. The summed E-state index contributed by atoms with van der Waals surface area (Å²) in [6.07, 6.45) is 6.74. The second-order valence-corrected chi connectivity index (χ2v) is 14.1. The van der Waals surface area contributed by atoms with Gasteiger partial charge in [-0.2, -0.15) is 4.31 Å². The number of hydrogen-bond acceptors (Lipinski definition) is 7. The largest absolute Gasteiger partial charge is 0.379 e. The number of carbonyl (C=O) groups is 1. The molecule has 0 radical (unpaired) electrons. The average Bonchev–Trinajstić information content (AvgIpc) is 2.90. The van der Waals surface area contributed by atoms with Crippen molar-refractivity contribution < 1.29 is 26.4 Å². The van der Waals surface area contributed by atoms with E-state index in [9.17, 15) is 21.6 Å². The standard InChI is InChI=1S/C25H25BrN4O6S2/c1-25-10-3-2-7-22(25)28-23(29-38(25,34)35)20-16-18(26)8-9-21(20)27-24(31)17-5-4-6-19(15-17)37(32,33)30-11-13-36-14-12-30/h2-10,15-16,22H,11-14H2,1H3,(H,27,31)(H,28,29). The first-order valence-electron chi connectivity index (χ1n) is 11.8. The van der Waals surface area contributed by atoms with Gasteiger partial charge in [-0.15, -0.1) is 0 Å². The maximum Gasteiger partial charge on any atom is 0.255 e. The predicted octanol–water partition coefficient (Wildman–Crippen LogP) is 2.66. The molecule has 0 spiro atoms. The summed E-state index contributed by atoms with van der Waals surface area (Å²) < 4.78 is 61.0. The number of amides is 1. The van der Waals surface area contributed by atoms with Gasteiger partial charge in [-0.25, -0.2) is 16.8 Å². The van der Waals surface area contributed by atoms with Crippen LogP contribution in [0.1, 0.15) is 22.8 Å². The third kappa shape index (κ3) is 4.84. The van der Waals surface area contributed by atoms with Crippen LogP contribution in [0.4, 0.5) is 5.69 Å². The molecule has 2 N–H and O–H groups in total. The van der Waals surface area contributed by atoms with E-state index in [1.54, 1.807) is 49.4 Å². The Balaban J connectivity index is 1.46. The SMILES string of the molecule is CC12C=CC=CC1N=C(c1cc(Br)ccc1NC(=O)c1cccc(S(=O)(=O)N3CCOCC3)c1)NS2(=O)=O. The summed E-state index contributed by atoms with van der Waals surface area (Å²) in [6.45, 7) is 2.70. The number of allylic oxidation sites excluding steroid dienone is 2. The highest BCUT2D eigenvalue weighted by Gasteiger charge is 2.48. The molecule has 1 saturated heterocycles. The molecule has 2 aliphatic heterocycles. The zero-order valence-electron chi connectivity index (χ0n) is 20.3. The molecule has 1 amide bonds. The molecule has 2 unspecified atom stereocenters. The number of amidine groups is 1. The average molecular weight is 622 g/mol. The minimum absolute atomic E-state index is 0.00363. The molecular formula is C25H25BrN4O6S2. The van der Waals surface area contributed by atoms with Gasteiger partial charge < -0.3 is 10.1 Å². The van der Waals surface area contributed by atoms with Crippen LogP contribution in [-0.2, 0) is 24.8 Å². The molecule has 1 aliphatic carbocycles. The topological polar surface area (TPSA) is 134 Å². The van der Waals surface area contributed by atoms with E-state index in [0.717, 1.165) is 0 Å². The van der Waals surface area contributed by atoms with E-state index in [0.29, 0.717) is 28.9 Å². The lowest BCUT2D eigenvalue weighted by Gasteiger charge is -2.37. The van der Waals surface area contributed by atoms with Gasteiger partial charge in [0.2, 0.25) is 20.0 Å². The number of sulfonamides is 2.